The maximum atomic E-state index is 12.0. The second kappa shape index (κ2) is 5.10. The number of aryl methyl sites for hydroxylation is 1. The lowest BCUT2D eigenvalue weighted by Gasteiger charge is -2.23. The fraction of sp³-hybridized carbons (Fsp3) is 0.176. The molecule has 0 bridgehead atoms. The van der Waals surface area contributed by atoms with Crippen molar-refractivity contribution >= 4 is 23.1 Å². The van der Waals surface area contributed by atoms with Gasteiger partial charge in [-0.3, -0.25) is 9.89 Å². The number of H-pyrrole nitrogens is 1. The molecule has 4 rings (SSSR count). The van der Waals surface area contributed by atoms with E-state index in [-0.39, 0.29) is 11.8 Å². The minimum absolute atomic E-state index is 0.0245. The molecule has 0 unspecified atom stereocenters. The van der Waals surface area contributed by atoms with Crippen molar-refractivity contribution in [2.24, 2.45) is 0 Å². The first-order valence-corrected chi connectivity index (χ1v) is 8.09. The molecule has 1 aromatic carbocycles. The highest BCUT2D eigenvalue weighted by Crippen LogP contribution is 2.44. The number of hydrogen-bond acceptors (Lipinski definition) is 3. The molecule has 0 fully saturated rings. The number of aromatic amines is 1. The van der Waals surface area contributed by atoms with E-state index in [4.69, 9.17) is 0 Å². The van der Waals surface area contributed by atoms with E-state index in [1.54, 1.807) is 11.3 Å². The quantitative estimate of drug-likeness (QED) is 0.754. The van der Waals surface area contributed by atoms with Gasteiger partial charge in [-0.15, -0.1) is 11.3 Å². The Hall–Kier alpha value is -2.40. The summed E-state index contributed by atoms with van der Waals surface area (Å²) in [5.41, 5.74) is 4.41. The standard InChI is InChI=1S/C17H15N3OS/c1-10-7-8-22-16(10)12-9-13(21)18-17-14(12)15(19-20-17)11-5-3-2-4-6-11/h2-8,12H,9H2,1H3,(H2,18,19,20,21)/t12-/m1/s1. The van der Waals surface area contributed by atoms with Crippen LogP contribution in [0, 0.1) is 6.92 Å². The molecule has 22 heavy (non-hydrogen) atoms. The predicted molar refractivity (Wildman–Crippen MR) is 88.2 cm³/mol. The van der Waals surface area contributed by atoms with Gasteiger partial charge in [0.2, 0.25) is 5.91 Å². The molecule has 2 N–H and O–H groups in total. The van der Waals surface area contributed by atoms with Gasteiger partial charge in [0, 0.05) is 22.8 Å². The number of nitrogens with one attached hydrogen (secondary N) is 2. The predicted octanol–water partition coefficient (Wildman–Crippen LogP) is 3.92. The number of nitrogens with zero attached hydrogens (tertiary/aromatic N) is 1. The number of anilines is 1. The number of carbonyl (C=O) groups excluding carboxylic acids is 1. The van der Waals surface area contributed by atoms with Crippen molar-refractivity contribution in [3.8, 4) is 11.3 Å². The van der Waals surface area contributed by atoms with Crippen LogP contribution in [0.25, 0.3) is 11.3 Å². The third-order valence-electron chi connectivity index (χ3n) is 4.08. The number of thiophene rings is 1. The summed E-state index contributed by atoms with van der Waals surface area (Å²) >= 11 is 1.71. The van der Waals surface area contributed by atoms with E-state index in [1.165, 1.54) is 10.4 Å². The Balaban J connectivity index is 1.90. The number of amides is 1. The second-order valence-corrected chi connectivity index (χ2v) is 6.45. The summed E-state index contributed by atoms with van der Waals surface area (Å²) in [6, 6.07) is 12.2. The van der Waals surface area contributed by atoms with Gasteiger partial charge in [-0.1, -0.05) is 30.3 Å². The van der Waals surface area contributed by atoms with Crippen LogP contribution in [0.5, 0.6) is 0 Å². The molecule has 3 heterocycles. The third kappa shape index (κ3) is 2.05. The first-order chi connectivity index (χ1) is 10.7. The first kappa shape index (κ1) is 13.3. The summed E-state index contributed by atoms with van der Waals surface area (Å²) < 4.78 is 0. The average molecular weight is 309 g/mol. The van der Waals surface area contributed by atoms with Gasteiger partial charge in [0.1, 0.15) is 0 Å². The van der Waals surface area contributed by atoms with E-state index in [9.17, 15) is 4.79 Å². The lowest BCUT2D eigenvalue weighted by atomic mass is 9.87. The Morgan fingerprint density at radius 3 is 2.77 bits per heavy atom. The van der Waals surface area contributed by atoms with E-state index in [0.717, 1.165) is 16.8 Å². The van der Waals surface area contributed by atoms with Gasteiger partial charge in [-0.25, -0.2) is 0 Å². The largest absolute Gasteiger partial charge is 0.309 e. The number of benzene rings is 1. The van der Waals surface area contributed by atoms with E-state index in [0.29, 0.717) is 12.2 Å². The fourth-order valence-electron chi connectivity index (χ4n) is 3.05. The van der Waals surface area contributed by atoms with E-state index < -0.39 is 0 Å². The van der Waals surface area contributed by atoms with Gasteiger partial charge in [0.15, 0.2) is 5.82 Å². The Morgan fingerprint density at radius 2 is 2.05 bits per heavy atom. The van der Waals surface area contributed by atoms with Crippen LogP contribution in [0.4, 0.5) is 5.82 Å². The van der Waals surface area contributed by atoms with Gasteiger partial charge < -0.3 is 5.32 Å². The van der Waals surface area contributed by atoms with Crippen LogP contribution in [0.15, 0.2) is 41.8 Å². The summed E-state index contributed by atoms with van der Waals surface area (Å²) in [4.78, 5) is 13.3. The van der Waals surface area contributed by atoms with Gasteiger partial charge in [-0.05, 0) is 29.5 Å². The Kier molecular flexibility index (Phi) is 3.08. The molecule has 0 saturated carbocycles. The maximum Gasteiger partial charge on any atom is 0.226 e. The molecule has 1 aliphatic rings. The zero-order chi connectivity index (χ0) is 15.1. The molecule has 1 atom stereocenters. The highest BCUT2D eigenvalue weighted by molar-refractivity contribution is 7.10. The first-order valence-electron chi connectivity index (χ1n) is 7.21. The summed E-state index contributed by atoms with van der Waals surface area (Å²) in [5.74, 6) is 0.752. The molecule has 2 aromatic heterocycles. The van der Waals surface area contributed by atoms with Crippen molar-refractivity contribution in [1.29, 1.82) is 0 Å². The Morgan fingerprint density at radius 1 is 1.23 bits per heavy atom. The van der Waals surface area contributed by atoms with Gasteiger partial charge in [0.25, 0.3) is 0 Å². The van der Waals surface area contributed by atoms with Crippen LogP contribution < -0.4 is 5.32 Å². The zero-order valence-corrected chi connectivity index (χ0v) is 12.9. The number of aromatic nitrogens is 2. The monoisotopic (exact) mass is 309 g/mol. The number of rotatable bonds is 2. The number of hydrogen-bond donors (Lipinski definition) is 2. The van der Waals surface area contributed by atoms with Crippen molar-refractivity contribution in [3.63, 3.8) is 0 Å². The normalized spacial score (nSPS) is 17.1. The molecule has 110 valence electrons. The molecule has 0 saturated heterocycles. The van der Waals surface area contributed by atoms with E-state index in [2.05, 4.69) is 46.0 Å². The second-order valence-electron chi connectivity index (χ2n) is 5.50. The van der Waals surface area contributed by atoms with Crippen molar-refractivity contribution in [1.82, 2.24) is 10.2 Å². The van der Waals surface area contributed by atoms with Gasteiger partial charge in [0.05, 0.1) is 5.69 Å². The van der Waals surface area contributed by atoms with Crippen LogP contribution in [0.1, 0.15) is 28.3 Å². The summed E-state index contributed by atoms with van der Waals surface area (Å²) in [5, 5.41) is 12.4. The van der Waals surface area contributed by atoms with Gasteiger partial charge >= 0.3 is 0 Å². The van der Waals surface area contributed by atoms with Crippen molar-refractivity contribution < 1.29 is 4.79 Å². The fourth-order valence-corrected chi connectivity index (χ4v) is 4.08. The lowest BCUT2D eigenvalue weighted by molar-refractivity contribution is -0.116. The van der Waals surface area contributed by atoms with Crippen LogP contribution in [0.3, 0.4) is 0 Å². The van der Waals surface area contributed by atoms with Crippen LogP contribution >= 0.6 is 11.3 Å². The molecule has 1 aliphatic heterocycles. The van der Waals surface area contributed by atoms with Crippen molar-refractivity contribution in [2.45, 2.75) is 19.3 Å². The molecular weight excluding hydrogens is 294 g/mol. The zero-order valence-electron chi connectivity index (χ0n) is 12.1. The Labute approximate surface area is 132 Å². The van der Waals surface area contributed by atoms with E-state index in [1.807, 2.05) is 18.2 Å². The van der Waals surface area contributed by atoms with Crippen LogP contribution in [-0.2, 0) is 4.79 Å². The van der Waals surface area contributed by atoms with Crippen LogP contribution in [-0.4, -0.2) is 16.1 Å². The molecule has 0 aliphatic carbocycles. The summed E-state index contributed by atoms with van der Waals surface area (Å²) in [6.07, 6.45) is 0.466. The Bertz CT molecular complexity index is 835. The highest BCUT2D eigenvalue weighted by Gasteiger charge is 2.33. The molecule has 1 amide bonds. The third-order valence-corrected chi connectivity index (χ3v) is 5.21. The number of carbonyl (C=O) groups is 1. The minimum Gasteiger partial charge on any atom is -0.309 e. The smallest absolute Gasteiger partial charge is 0.226 e. The summed E-state index contributed by atoms with van der Waals surface area (Å²) in [6.45, 7) is 2.10. The average Bonchev–Trinajstić information content (AvgIpc) is 3.13. The molecule has 0 radical (unpaired) electrons. The van der Waals surface area contributed by atoms with Crippen LogP contribution in [0.2, 0.25) is 0 Å². The molecule has 5 heteroatoms. The van der Waals surface area contributed by atoms with Crippen molar-refractivity contribution in [2.75, 3.05) is 5.32 Å². The maximum absolute atomic E-state index is 12.0. The minimum atomic E-state index is 0.0245. The number of fused-ring (bicyclic) bond motifs is 1. The van der Waals surface area contributed by atoms with Crippen molar-refractivity contribution in [3.05, 3.63) is 57.8 Å². The SMILES string of the molecule is Cc1ccsc1[C@@H]1CC(=O)Nc2n[nH]c(-c3ccccc3)c21. The van der Waals surface area contributed by atoms with E-state index >= 15 is 0 Å². The molecule has 4 nitrogen and oxygen atoms in total. The topological polar surface area (TPSA) is 57.8 Å². The van der Waals surface area contributed by atoms with Gasteiger partial charge in [-0.2, -0.15) is 5.10 Å². The lowest BCUT2D eigenvalue weighted by Crippen LogP contribution is -2.23. The summed E-state index contributed by atoms with van der Waals surface area (Å²) in [7, 11) is 0. The highest BCUT2D eigenvalue weighted by atomic mass is 32.1. The molecule has 3 aromatic rings. The molecular formula is C17H15N3OS. The molecule has 0 spiro atoms.